The molecule has 1 atom stereocenters. The van der Waals surface area contributed by atoms with E-state index in [2.05, 4.69) is 51.3 Å². The number of aliphatic hydroxyl groups is 1. The van der Waals surface area contributed by atoms with E-state index in [1.807, 2.05) is 6.92 Å². The summed E-state index contributed by atoms with van der Waals surface area (Å²) in [5.74, 6) is 1.54. The first-order chi connectivity index (χ1) is 16.1. The minimum absolute atomic E-state index is 0.298. The van der Waals surface area contributed by atoms with Crippen molar-refractivity contribution in [3.8, 4) is 11.1 Å². The number of rotatable bonds is 9. The predicted molar refractivity (Wildman–Crippen MR) is 136 cm³/mol. The Bertz CT molecular complexity index is 880. The fraction of sp³-hybridized carbons (Fsp3) is 0.577. The van der Waals surface area contributed by atoms with Gasteiger partial charge in [0, 0.05) is 55.8 Å². The molecule has 7 heteroatoms. The molecule has 1 aliphatic carbocycles. The van der Waals surface area contributed by atoms with E-state index in [0.717, 1.165) is 80.9 Å². The highest BCUT2D eigenvalue weighted by molar-refractivity contribution is 6.33. The molecule has 2 aromatic rings. The summed E-state index contributed by atoms with van der Waals surface area (Å²) in [6.45, 7) is 5.19. The number of halogens is 1. The fourth-order valence-electron chi connectivity index (χ4n) is 4.74. The van der Waals surface area contributed by atoms with Crippen LogP contribution in [0.3, 0.4) is 0 Å². The average Bonchev–Trinajstić information content (AvgIpc) is 2.84. The first kappa shape index (κ1) is 24.3. The lowest BCUT2D eigenvalue weighted by atomic mass is 9.91. The molecule has 0 radical (unpaired) electrons. The second-order valence-electron chi connectivity index (χ2n) is 9.52. The van der Waals surface area contributed by atoms with Crippen molar-refractivity contribution in [1.82, 2.24) is 10.3 Å². The number of nitrogens with one attached hydrogen (secondary N) is 3. The number of hydrogen-bond donors (Lipinski definition) is 4. The fourth-order valence-corrected chi connectivity index (χ4v) is 4.95. The molecule has 1 aliphatic heterocycles. The van der Waals surface area contributed by atoms with E-state index in [1.165, 1.54) is 0 Å². The van der Waals surface area contributed by atoms with Crippen molar-refractivity contribution in [2.45, 2.75) is 63.6 Å². The lowest BCUT2D eigenvalue weighted by Gasteiger charge is -2.30. The third kappa shape index (κ3) is 7.31. The van der Waals surface area contributed by atoms with Gasteiger partial charge >= 0.3 is 0 Å². The zero-order valence-electron chi connectivity index (χ0n) is 19.5. The van der Waals surface area contributed by atoms with E-state index < -0.39 is 0 Å². The van der Waals surface area contributed by atoms with Gasteiger partial charge in [0.05, 0.1) is 11.1 Å². The number of aliphatic hydroxyl groups excluding tert-OH is 1. The van der Waals surface area contributed by atoms with Crippen molar-refractivity contribution >= 4 is 23.1 Å². The zero-order valence-corrected chi connectivity index (χ0v) is 20.3. The van der Waals surface area contributed by atoms with Crippen molar-refractivity contribution in [2.24, 2.45) is 5.92 Å². The average molecular weight is 473 g/mol. The molecule has 2 aliphatic rings. The number of ether oxygens (including phenoxy) is 1. The first-order valence-electron chi connectivity index (χ1n) is 12.3. The standard InChI is InChI=1S/C26H37ClN4O2/c1-18(32)15-28-21-5-7-22(8-6-21)31-26-14-24(25(27)17-30-26)20-3-2-4-23(13-20)29-16-19-9-11-33-12-10-19/h2-4,13-14,17-19,21-22,28-29,32H,5-12,15-16H2,1H3,(H,30,31)/t18-,21?,22?/m0/s1. The third-order valence-corrected chi connectivity index (χ3v) is 7.05. The Labute approximate surface area is 202 Å². The Morgan fingerprint density at radius 2 is 1.85 bits per heavy atom. The van der Waals surface area contributed by atoms with Crippen molar-refractivity contribution in [3.63, 3.8) is 0 Å². The van der Waals surface area contributed by atoms with Gasteiger partial charge in [-0.2, -0.15) is 0 Å². The van der Waals surface area contributed by atoms with E-state index in [-0.39, 0.29) is 6.10 Å². The van der Waals surface area contributed by atoms with Crippen LogP contribution < -0.4 is 16.0 Å². The molecule has 6 nitrogen and oxygen atoms in total. The van der Waals surface area contributed by atoms with Crippen LogP contribution in [0.1, 0.15) is 45.4 Å². The summed E-state index contributed by atoms with van der Waals surface area (Å²) in [6, 6.07) is 11.4. The molecule has 1 saturated heterocycles. The predicted octanol–water partition coefficient (Wildman–Crippen LogP) is 4.93. The molecular weight excluding hydrogens is 436 g/mol. The van der Waals surface area contributed by atoms with Crippen LogP contribution in [-0.2, 0) is 4.74 Å². The summed E-state index contributed by atoms with van der Waals surface area (Å²) >= 11 is 6.55. The van der Waals surface area contributed by atoms with Crippen LogP contribution in [0.15, 0.2) is 36.5 Å². The van der Waals surface area contributed by atoms with E-state index in [4.69, 9.17) is 16.3 Å². The lowest BCUT2D eigenvalue weighted by molar-refractivity contribution is 0.0699. The Morgan fingerprint density at radius 3 is 2.61 bits per heavy atom. The van der Waals surface area contributed by atoms with Gasteiger partial charge in [-0.1, -0.05) is 23.7 Å². The van der Waals surface area contributed by atoms with Crippen LogP contribution in [0.4, 0.5) is 11.5 Å². The van der Waals surface area contributed by atoms with E-state index in [0.29, 0.717) is 29.6 Å². The molecule has 2 heterocycles. The number of hydrogen-bond acceptors (Lipinski definition) is 6. The Balaban J connectivity index is 1.35. The van der Waals surface area contributed by atoms with Crippen molar-refractivity contribution in [3.05, 3.63) is 41.6 Å². The second-order valence-corrected chi connectivity index (χ2v) is 9.92. The first-order valence-corrected chi connectivity index (χ1v) is 12.7. The summed E-state index contributed by atoms with van der Waals surface area (Å²) in [6.07, 6.45) is 8.07. The molecule has 0 bridgehead atoms. The van der Waals surface area contributed by atoms with E-state index >= 15 is 0 Å². The van der Waals surface area contributed by atoms with Gasteiger partial charge in [-0.05, 0) is 75.1 Å². The van der Waals surface area contributed by atoms with Crippen molar-refractivity contribution in [2.75, 3.05) is 36.9 Å². The molecule has 0 unspecified atom stereocenters. The van der Waals surface area contributed by atoms with Crippen LogP contribution in [-0.4, -0.2) is 54.6 Å². The summed E-state index contributed by atoms with van der Waals surface area (Å²) < 4.78 is 5.47. The second kappa shape index (κ2) is 12.0. The molecule has 4 rings (SSSR count). The highest BCUT2D eigenvalue weighted by Gasteiger charge is 2.21. The van der Waals surface area contributed by atoms with Crippen LogP contribution >= 0.6 is 11.6 Å². The van der Waals surface area contributed by atoms with Gasteiger partial charge in [-0.15, -0.1) is 0 Å². The number of anilines is 2. The number of benzene rings is 1. The maximum atomic E-state index is 9.48. The molecule has 2 fully saturated rings. The topological polar surface area (TPSA) is 78.4 Å². The van der Waals surface area contributed by atoms with Gasteiger partial charge in [0.2, 0.25) is 0 Å². The smallest absolute Gasteiger partial charge is 0.126 e. The summed E-state index contributed by atoms with van der Waals surface area (Å²) in [5.41, 5.74) is 3.20. The number of nitrogens with zero attached hydrogens (tertiary/aromatic N) is 1. The van der Waals surface area contributed by atoms with E-state index in [1.54, 1.807) is 6.20 Å². The van der Waals surface area contributed by atoms with Gasteiger partial charge < -0.3 is 25.8 Å². The summed E-state index contributed by atoms with van der Waals surface area (Å²) in [5, 5.41) is 20.8. The van der Waals surface area contributed by atoms with Gasteiger partial charge in [-0.3, -0.25) is 0 Å². The molecule has 1 saturated carbocycles. The van der Waals surface area contributed by atoms with Gasteiger partial charge in [-0.25, -0.2) is 4.98 Å². The highest BCUT2D eigenvalue weighted by atomic mass is 35.5. The van der Waals surface area contributed by atoms with Crippen LogP contribution in [0.5, 0.6) is 0 Å². The minimum atomic E-state index is -0.298. The number of aromatic nitrogens is 1. The van der Waals surface area contributed by atoms with Crippen LogP contribution in [0.2, 0.25) is 5.02 Å². The SMILES string of the molecule is C[C@H](O)CNC1CCC(Nc2cc(-c3cccc(NCC4CCOCC4)c3)c(Cl)cn2)CC1. The van der Waals surface area contributed by atoms with Gasteiger partial charge in [0.25, 0.3) is 0 Å². The lowest BCUT2D eigenvalue weighted by Crippen LogP contribution is -2.39. The monoisotopic (exact) mass is 472 g/mol. The Morgan fingerprint density at radius 1 is 1.09 bits per heavy atom. The molecule has 180 valence electrons. The Hall–Kier alpha value is -1.86. The normalized spacial score (nSPS) is 22.6. The van der Waals surface area contributed by atoms with Crippen LogP contribution in [0.25, 0.3) is 11.1 Å². The highest BCUT2D eigenvalue weighted by Crippen LogP contribution is 2.32. The molecule has 1 aromatic carbocycles. The summed E-state index contributed by atoms with van der Waals surface area (Å²) in [7, 11) is 0. The molecule has 33 heavy (non-hydrogen) atoms. The maximum Gasteiger partial charge on any atom is 0.126 e. The molecule has 0 spiro atoms. The summed E-state index contributed by atoms with van der Waals surface area (Å²) in [4.78, 5) is 4.54. The van der Waals surface area contributed by atoms with Crippen LogP contribution in [0, 0.1) is 5.92 Å². The Kier molecular flexibility index (Phi) is 8.84. The molecule has 4 N–H and O–H groups in total. The van der Waals surface area contributed by atoms with Gasteiger partial charge in [0.1, 0.15) is 5.82 Å². The third-order valence-electron chi connectivity index (χ3n) is 6.75. The number of pyridine rings is 1. The van der Waals surface area contributed by atoms with Gasteiger partial charge in [0.15, 0.2) is 0 Å². The van der Waals surface area contributed by atoms with Crippen molar-refractivity contribution in [1.29, 1.82) is 0 Å². The minimum Gasteiger partial charge on any atom is -0.392 e. The largest absolute Gasteiger partial charge is 0.392 e. The molecule has 1 aromatic heterocycles. The molecular formula is C26H37ClN4O2. The molecule has 0 amide bonds. The quantitative estimate of drug-likeness (QED) is 0.414. The van der Waals surface area contributed by atoms with Crippen molar-refractivity contribution < 1.29 is 9.84 Å². The zero-order chi connectivity index (χ0) is 23.0. The van der Waals surface area contributed by atoms with E-state index in [9.17, 15) is 5.11 Å². The maximum absolute atomic E-state index is 9.48.